The predicted octanol–water partition coefficient (Wildman–Crippen LogP) is 4.46. The first-order chi connectivity index (χ1) is 9.10. The van der Waals surface area contributed by atoms with Gasteiger partial charge in [0.25, 0.3) is 0 Å². The maximum atomic E-state index is 4.65. The van der Waals surface area contributed by atoms with E-state index in [1.54, 1.807) is 0 Å². The minimum absolute atomic E-state index is 0.381. The van der Waals surface area contributed by atoms with E-state index in [2.05, 4.69) is 52.0 Å². The molecule has 3 nitrogen and oxygen atoms in total. The minimum Gasteiger partial charge on any atom is -0.370 e. The van der Waals surface area contributed by atoms with E-state index in [9.17, 15) is 0 Å². The van der Waals surface area contributed by atoms with Gasteiger partial charge in [0, 0.05) is 28.3 Å². The number of hydrogen-bond donors (Lipinski definition) is 1. The normalized spacial score (nSPS) is 10.8. The van der Waals surface area contributed by atoms with Crippen LogP contribution in [0, 0.1) is 0 Å². The van der Waals surface area contributed by atoms with Crippen LogP contribution in [-0.2, 0) is 0 Å². The van der Waals surface area contributed by atoms with E-state index < -0.39 is 0 Å². The average Bonchev–Trinajstić information content (AvgIpc) is 2.38. The summed E-state index contributed by atoms with van der Waals surface area (Å²) in [6.45, 7) is 7.20. The van der Waals surface area contributed by atoms with Crippen LogP contribution in [0.4, 0.5) is 5.82 Å². The molecular formula is C15H18BrN3. The van der Waals surface area contributed by atoms with Gasteiger partial charge in [0.1, 0.15) is 5.82 Å². The second-order valence-corrected chi connectivity index (χ2v) is 5.61. The Morgan fingerprint density at radius 1 is 1.21 bits per heavy atom. The summed E-state index contributed by atoms with van der Waals surface area (Å²) < 4.78 is 1.04. The number of nitrogens with one attached hydrogen (secondary N) is 1. The fraction of sp³-hybridized carbons (Fsp3) is 0.333. The van der Waals surface area contributed by atoms with Crippen molar-refractivity contribution in [2.24, 2.45) is 0 Å². The first kappa shape index (κ1) is 14.0. The number of nitrogens with zero attached hydrogens (tertiary/aromatic N) is 2. The second kappa shape index (κ2) is 6.15. The van der Waals surface area contributed by atoms with Crippen molar-refractivity contribution < 1.29 is 0 Å². The monoisotopic (exact) mass is 319 g/mol. The highest BCUT2D eigenvalue weighted by Crippen LogP contribution is 2.24. The van der Waals surface area contributed by atoms with Gasteiger partial charge in [-0.15, -0.1) is 0 Å². The Labute approximate surface area is 122 Å². The molecular weight excluding hydrogens is 302 g/mol. The largest absolute Gasteiger partial charge is 0.370 e. The molecule has 0 bridgehead atoms. The summed E-state index contributed by atoms with van der Waals surface area (Å²) >= 11 is 3.48. The van der Waals surface area contributed by atoms with Crippen LogP contribution in [0.3, 0.4) is 0 Å². The lowest BCUT2D eigenvalue weighted by Gasteiger charge is -2.11. The van der Waals surface area contributed by atoms with Crippen LogP contribution >= 0.6 is 15.9 Å². The third-order valence-corrected chi connectivity index (χ3v) is 3.27. The highest BCUT2D eigenvalue weighted by Gasteiger charge is 2.09. The van der Waals surface area contributed by atoms with Gasteiger partial charge >= 0.3 is 0 Å². The maximum Gasteiger partial charge on any atom is 0.161 e. The van der Waals surface area contributed by atoms with Crippen LogP contribution in [0.2, 0.25) is 0 Å². The van der Waals surface area contributed by atoms with E-state index in [-0.39, 0.29) is 0 Å². The molecule has 0 atom stereocenters. The molecule has 0 aliphatic carbocycles. The van der Waals surface area contributed by atoms with Crippen molar-refractivity contribution in [3.63, 3.8) is 0 Å². The van der Waals surface area contributed by atoms with Crippen LogP contribution < -0.4 is 5.32 Å². The van der Waals surface area contributed by atoms with Crippen LogP contribution in [-0.4, -0.2) is 16.5 Å². The highest BCUT2D eigenvalue weighted by atomic mass is 79.9. The Kier molecular flexibility index (Phi) is 4.53. The molecule has 1 aromatic heterocycles. The molecule has 1 N–H and O–H groups in total. The molecule has 0 saturated heterocycles. The van der Waals surface area contributed by atoms with Crippen molar-refractivity contribution in [1.82, 2.24) is 9.97 Å². The number of hydrogen-bond acceptors (Lipinski definition) is 3. The summed E-state index contributed by atoms with van der Waals surface area (Å²) in [7, 11) is 0. The molecule has 0 aliphatic heterocycles. The Hall–Kier alpha value is -1.42. The summed E-state index contributed by atoms with van der Waals surface area (Å²) in [5.41, 5.74) is 2.08. The fourth-order valence-corrected chi connectivity index (χ4v) is 2.19. The fourth-order valence-electron chi connectivity index (χ4n) is 1.79. The molecule has 0 aliphatic rings. The van der Waals surface area contributed by atoms with Crippen LogP contribution in [0.1, 0.15) is 32.4 Å². The van der Waals surface area contributed by atoms with Gasteiger partial charge in [-0.25, -0.2) is 9.97 Å². The first-order valence-electron chi connectivity index (χ1n) is 6.49. The van der Waals surface area contributed by atoms with E-state index in [1.165, 1.54) is 0 Å². The summed E-state index contributed by atoms with van der Waals surface area (Å²) in [5.74, 6) is 2.03. The summed E-state index contributed by atoms with van der Waals surface area (Å²) in [5, 5.41) is 3.26. The number of rotatable bonds is 4. The molecule has 0 saturated carbocycles. The maximum absolute atomic E-state index is 4.65. The Bertz CT molecular complexity index is 567. The number of aromatic nitrogens is 2. The van der Waals surface area contributed by atoms with E-state index in [0.717, 1.165) is 33.9 Å². The summed E-state index contributed by atoms with van der Waals surface area (Å²) in [4.78, 5) is 9.23. The van der Waals surface area contributed by atoms with Gasteiger partial charge in [-0.05, 0) is 25.0 Å². The van der Waals surface area contributed by atoms with E-state index in [4.69, 9.17) is 0 Å². The topological polar surface area (TPSA) is 37.8 Å². The summed E-state index contributed by atoms with van der Waals surface area (Å²) in [6, 6.07) is 10.1. The van der Waals surface area contributed by atoms with Crippen molar-refractivity contribution in [1.29, 1.82) is 0 Å². The molecule has 1 heterocycles. The molecule has 4 heteroatoms. The van der Waals surface area contributed by atoms with Gasteiger partial charge in [-0.1, -0.05) is 41.9 Å². The molecule has 0 unspecified atom stereocenters. The lowest BCUT2D eigenvalue weighted by molar-refractivity contribution is 0.817. The zero-order valence-electron chi connectivity index (χ0n) is 11.4. The van der Waals surface area contributed by atoms with Crippen LogP contribution in [0.5, 0.6) is 0 Å². The summed E-state index contributed by atoms with van der Waals surface area (Å²) in [6.07, 6.45) is 0. The van der Waals surface area contributed by atoms with Crippen molar-refractivity contribution >= 4 is 21.7 Å². The van der Waals surface area contributed by atoms with Gasteiger partial charge in [0.2, 0.25) is 0 Å². The Balaban J connectivity index is 2.49. The van der Waals surface area contributed by atoms with Crippen molar-refractivity contribution in [3.05, 3.63) is 40.5 Å². The van der Waals surface area contributed by atoms with Crippen LogP contribution in [0.15, 0.2) is 34.8 Å². The first-order valence-corrected chi connectivity index (χ1v) is 7.28. The Morgan fingerprint density at radius 3 is 2.63 bits per heavy atom. The van der Waals surface area contributed by atoms with Crippen molar-refractivity contribution in [3.8, 4) is 11.4 Å². The standard InChI is InChI=1S/C15H18BrN3/c1-4-17-14-9-13(10(2)3)18-15(19-14)11-6-5-7-12(16)8-11/h5-10H,4H2,1-3H3,(H,17,18,19). The minimum atomic E-state index is 0.381. The lowest BCUT2D eigenvalue weighted by atomic mass is 10.1. The molecule has 0 amide bonds. The molecule has 0 fully saturated rings. The molecule has 2 aromatic rings. The van der Waals surface area contributed by atoms with Gasteiger partial charge < -0.3 is 5.32 Å². The van der Waals surface area contributed by atoms with Gasteiger partial charge in [-0.3, -0.25) is 0 Å². The number of anilines is 1. The smallest absolute Gasteiger partial charge is 0.161 e. The highest BCUT2D eigenvalue weighted by molar-refractivity contribution is 9.10. The SMILES string of the molecule is CCNc1cc(C(C)C)nc(-c2cccc(Br)c2)n1. The quantitative estimate of drug-likeness (QED) is 0.904. The molecule has 1 aromatic carbocycles. The zero-order chi connectivity index (χ0) is 13.8. The molecule has 19 heavy (non-hydrogen) atoms. The molecule has 0 spiro atoms. The molecule has 2 rings (SSSR count). The number of halogens is 1. The zero-order valence-corrected chi connectivity index (χ0v) is 13.0. The van der Waals surface area contributed by atoms with E-state index in [1.807, 2.05) is 30.3 Å². The lowest BCUT2D eigenvalue weighted by Crippen LogP contribution is -2.05. The second-order valence-electron chi connectivity index (χ2n) is 4.70. The van der Waals surface area contributed by atoms with Gasteiger partial charge in [0.15, 0.2) is 5.82 Å². The van der Waals surface area contributed by atoms with Gasteiger partial charge in [-0.2, -0.15) is 0 Å². The predicted molar refractivity (Wildman–Crippen MR) is 83.4 cm³/mol. The number of benzene rings is 1. The average molecular weight is 320 g/mol. The third-order valence-electron chi connectivity index (χ3n) is 2.78. The molecule has 0 radical (unpaired) electrons. The van der Waals surface area contributed by atoms with Crippen LogP contribution in [0.25, 0.3) is 11.4 Å². The van der Waals surface area contributed by atoms with Gasteiger partial charge in [0.05, 0.1) is 0 Å². The Morgan fingerprint density at radius 2 is 2.00 bits per heavy atom. The van der Waals surface area contributed by atoms with E-state index >= 15 is 0 Å². The van der Waals surface area contributed by atoms with E-state index in [0.29, 0.717) is 5.92 Å². The van der Waals surface area contributed by atoms with Crippen molar-refractivity contribution in [2.45, 2.75) is 26.7 Å². The van der Waals surface area contributed by atoms with Crippen molar-refractivity contribution in [2.75, 3.05) is 11.9 Å². The molecule has 100 valence electrons. The third kappa shape index (κ3) is 3.53.